The van der Waals surface area contributed by atoms with Gasteiger partial charge in [0, 0.05) is 7.05 Å². The van der Waals surface area contributed by atoms with E-state index >= 15 is 0 Å². The second-order valence-corrected chi connectivity index (χ2v) is 3.12. The van der Waals surface area contributed by atoms with Crippen LogP contribution in [0.25, 0.3) is 0 Å². The Morgan fingerprint density at radius 2 is 2.13 bits per heavy atom. The molecule has 1 N–H and O–H groups in total. The van der Waals surface area contributed by atoms with Crippen LogP contribution in [0.5, 0.6) is 0 Å². The van der Waals surface area contributed by atoms with E-state index in [0.717, 1.165) is 0 Å². The van der Waals surface area contributed by atoms with Gasteiger partial charge in [-0.15, -0.1) is 11.8 Å². The van der Waals surface area contributed by atoms with Gasteiger partial charge < -0.3 is 10.2 Å². The van der Waals surface area contributed by atoms with Crippen LogP contribution >= 0.6 is 11.8 Å². The second kappa shape index (κ2) is 8.10. The minimum absolute atomic E-state index is 0.480. The van der Waals surface area contributed by atoms with Gasteiger partial charge in [-0.25, -0.2) is 4.79 Å². The first-order chi connectivity index (χ1) is 7.15. The molecule has 0 unspecified atom stereocenters. The number of carbonyl (C=O) groups excluding carboxylic acids is 1. The summed E-state index contributed by atoms with van der Waals surface area (Å²) in [6.07, 6.45) is 1.21. The van der Waals surface area contributed by atoms with E-state index in [1.165, 1.54) is 18.8 Å². The normalized spacial score (nSPS) is 12.3. The van der Waals surface area contributed by atoms with E-state index in [9.17, 15) is 4.79 Å². The lowest BCUT2D eigenvalue weighted by Crippen LogP contribution is -2.18. The van der Waals surface area contributed by atoms with Crippen LogP contribution in [0.15, 0.2) is 10.3 Å². The van der Waals surface area contributed by atoms with Gasteiger partial charge in [-0.1, -0.05) is 10.3 Å². The maximum Gasteiger partial charge on any atom is 0.433 e. The predicted molar refractivity (Wildman–Crippen MR) is 61.2 cm³/mol. The lowest BCUT2D eigenvalue weighted by molar-refractivity contribution is 0.152. The van der Waals surface area contributed by atoms with Crippen LogP contribution in [-0.2, 0) is 9.68 Å². The third-order valence-corrected chi connectivity index (χ3v) is 2.01. The summed E-state index contributed by atoms with van der Waals surface area (Å²) in [5.41, 5.74) is 0.486. The third-order valence-electron chi connectivity index (χ3n) is 1.25. The largest absolute Gasteiger partial charge is 0.433 e. The van der Waals surface area contributed by atoms with Gasteiger partial charge in [-0.05, 0) is 20.1 Å². The fraction of sp³-hybridized carbons (Fsp3) is 0.625. The number of thioether (sulfide) groups is 1. The molecule has 0 aromatic carbocycles. The van der Waals surface area contributed by atoms with Crippen molar-refractivity contribution in [3.63, 3.8) is 0 Å². The first-order valence-electron chi connectivity index (χ1n) is 4.33. The molecule has 0 fully saturated rings. The first kappa shape index (κ1) is 13.8. The highest BCUT2D eigenvalue weighted by Gasteiger charge is 2.05. The fourth-order valence-electron chi connectivity index (χ4n) is 0.569. The quantitative estimate of drug-likeness (QED) is 0.345. The van der Waals surface area contributed by atoms with Crippen molar-refractivity contribution in [3.05, 3.63) is 0 Å². The summed E-state index contributed by atoms with van der Waals surface area (Å²) in [5, 5.41) is 10.2. The molecule has 0 saturated carbocycles. The van der Waals surface area contributed by atoms with E-state index in [1.807, 2.05) is 13.2 Å². The molecular formula is C8H15N3O3S. The molecule has 6 nitrogen and oxygen atoms in total. The lowest BCUT2D eigenvalue weighted by Gasteiger charge is -2.01. The Morgan fingerprint density at radius 3 is 2.60 bits per heavy atom. The van der Waals surface area contributed by atoms with Crippen molar-refractivity contribution in [2.75, 3.05) is 19.9 Å². The smallest absolute Gasteiger partial charge is 0.395 e. The molecule has 0 saturated heterocycles. The van der Waals surface area contributed by atoms with Crippen LogP contribution in [0.2, 0.25) is 0 Å². The first-order valence-corrected chi connectivity index (χ1v) is 5.55. The summed E-state index contributed by atoms with van der Waals surface area (Å²) in [5.74, 6) is 0. The molecule has 0 aliphatic rings. The van der Waals surface area contributed by atoms with Gasteiger partial charge in [-0.3, -0.25) is 4.84 Å². The molecule has 0 aliphatic heterocycles. The van der Waals surface area contributed by atoms with Gasteiger partial charge in [0.2, 0.25) is 0 Å². The van der Waals surface area contributed by atoms with Gasteiger partial charge in [0.15, 0.2) is 5.04 Å². The van der Waals surface area contributed by atoms with Crippen LogP contribution in [0, 0.1) is 0 Å². The number of carbonyl (C=O) groups is 1. The summed E-state index contributed by atoms with van der Waals surface area (Å²) in [4.78, 5) is 20.1. The van der Waals surface area contributed by atoms with Crippen LogP contribution < -0.4 is 5.32 Å². The van der Waals surface area contributed by atoms with E-state index in [-0.39, 0.29) is 0 Å². The maximum atomic E-state index is 10.7. The standard InChI is InChI=1S/C8H15N3O3S/c1-5-13-11-7(15-4)6(2)10-14-8(12)9-3/h5H2,1-4H3,(H,9,12). The summed E-state index contributed by atoms with van der Waals surface area (Å²) in [6.45, 7) is 3.99. The lowest BCUT2D eigenvalue weighted by atomic mass is 10.5. The van der Waals surface area contributed by atoms with Gasteiger partial charge in [0.05, 0.1) is 0 Å². The number of hydrogen-bond acceptors (Lipinski definition) is 6. The van der Waals surface area contributed by atoms with E-state index in [0.29, 0.717) is 17.4 Å². The molecule has 0 spiro atoms. The molecular weight excluding hydrogens is 218 g/mol. The Labute approximate surface area is 93.1 Å². The fourth-order valence-corrected chi connectivity index (χ4v) is 1.03. The average molecular weight is 233 g/mol. The van der Waals surface area contributed by atoms with Crippen LogP contribution in [0.3, 0.4) is 0 Å². The third kappa shape index (κ3) is 5.95. The van der Waals surface area contributed by atoms with Crippen molar-refractivity contribution >= 4 is 28.6 Å². The Morgan fingerprint density at radius 1 is 1.47 bits per heavy atom. The zero-order valence-electron chi connectivity index (χ0n) is 9.23. The van der Waals surface area contributed by atoms with Crippen molar-refractivity contribution in [3.8, 4) is 0 Å². The molecule has 0 bridgehead atoms. The van der Waals surface area contributed by atoms with Crippen molar-refractivity contribution in [2.24, 2.45) is 10.3 Å². The number of nitrogens with zero attached hydrogens (tertiary/aromatic N) is 2. The van der Waals surface area contributed by atoms with E-state index in [1.54, 1.807) is 6.92 Å². The topological polar surface area (TPSA) is 72.3 Å². The molecule has 0 rings (SSSR count). The maximum absolute atomic E-state index is 10.7. The van der Waals surface area contributed by atoms with E-state index in [2.05, 4.69) is 20.5 Å². The highest BCUT2D eigenvalue weighted by molar-refractivity contribution is 8.15. The van der Waals surface area contributed by atoms with E-state index < -0.39 is 6.09 Å². The summed E-state index contributed by atoms with van der Waals surface area (Å²) in [7, 11) is 1.46. The van der Waals surface area contributed by atoms with Crippen molar-refractivity contribution in [1.29, 1.82) is 0 Å². The Bertz CT molecular complexity index is 266. The van der Waals surface area contributed by atoms with Crippen molar-refractivity contribution < 1.29 is 14.5 Å². The van der Waals surface area contributed by atoms with Gasteiger partial charge >= 0.3 is 6.09 Å². The molecule has 0 heterocycles. The van der Waals surface area contributed by atoms with E-state index in [4.69, 9.17) is 4.84 Å². The van der Waals surface area contributed by atoms with Crippen molar-refractivity contribution in [1.82, 2.24) is 5.32 Å². The molecule has 0 atom stereocenters. The number of amides is 1. The number of rotatable bonds is 4. The van der Waals surface area contributed by atoms with Gasteiger partial charge in [0.1, 0.15) is 12.3 Å². The molecule has 0 aromatic heterocycles. The zero-order valence-corrected chi connectivity index (χ0v) is 10.1. The molecule has 0 aromatic rings. The SMILES string of the molecule is CCON=C(SC)C(C)=NOC(=O)NC. The monoisotopic (exact) mass is 233 g/mol. The van der Waals surface area contributed by atoms with Crippen LogP contribution in [-0.4, -0.2) is 36.8 Å². The highest BCUT2D eigenvalue weighted by atomic mass is 32.2. The number of hydrogen-bond donors (Lipinski definition) is 1. The summed E-state index contributed by atoms with van der Waals surface area (Å²) in [6, 6.07) is 0. The summed E-state index contributed by atoms with van der Waals surface area (Å²) >= 11 is 1.36. The molecule has 1 amide bonds. The Hall–Kier alpha value is -1.24. The minimum atomic E-state index is -0.619. The van der Waals surface area contributed by atoms with Gasteiger partial charge in [0.25, 0.3) is 0 Å². The van der Waals surface area contributed by atoms with Crippen LogP contribution in [0.1, 0.15) is 13.8 Å². The Balaban J connectivity index is 4.36. The number of nitrogens with one attached hydrogen (secondary N) is 1. The molecule has 7 heteroatoms. The molecule has 0 aliphatic carbocycles. The summed E-state index contributed by atoms with van der Waals surface area (Å²) < 4.78 is 0. The predicted octanol–water partition coefficient (Wildman–Crippen LogP) is 1.43. The Kier molecular flexibility index (Phi) is 7.43. The second-order valence-electron chi connectivity index (χ2n) is 2.32. The highest BCUT2D eigenvalue weighted by Crippen LogP contribution is 2.02. The molecule has 0 radical (unpaired) electrons. The van der Waals surface area contributed by atoms with Crippen molar-refractivity contribution in [2.45, 2.75) is 13.8 Å². The molecule has 15 heavy (non-hydrogen) atoms. The van der Waals surface area contributed by atoms with Gasteiger partial charge in [-0.2, -0.15) is 0 Å². The van der Waals surface area contributed by atoms with Crippen LogP contribution in [0.4, 0.5) is 4.79 Å². The molecule has 86 valence electrons. The average Bonchev–Trinajstić information content (AvgIpc) is 2.26. The minimum Gasteiger partial charge on any atom is -0.395 e. The zero-order chi connectivity index (χ0) is 11.7. The number of oxime groups is 2.